The van der Waals surface area contributed by atoms with Gasteiger partial charge in [0.15, 0.2) is 17.5 Å². The van der Waals surface area contributed by atoms with Crippen LogP contribution in [0.4, 0.5) is 10.2 Å². The molecule has 3 aromatic rings. The van der Waals surface area contributed by atoms with Crippen molar-refractivity contribution in [3.05, 3.63) is 35.5 Å². The number of likely N-dealkylation sites (tertiary alicyclic amines) is 1. The minimum Gasteiger partial charge on any atom is -0.367 e. The van der Waals surface area contributed by atoms with Crippen molar-refractivity contribution in [2.75, 3.05) is 25.0 Å². The maximum atomic E-state index is 14.5. The molecule has 4 rings (SSSR count). The van der Waals surface area contributed by atoms with Crippen LogP contribution in [0, 0.1) is 17.2 Å². The number of nitrogens with zero attached hydrogens (tertiary/aromatic N) is 4. The van der Waals surface area contributed by atoms with Gasteiger partial charge in [-0.1, -0.05) is 38.8 Å². The Kier molecular flexibility index (Phi) is 6.83. The second-order valence-corrected chi connectivity index (χ2v) is 10.0. The van der Waals surface area contributed by atoms with Gasteiger partial charge >= 0.3 is 0 Å². The average Bonchev–Trinajstić information content (AvgIpc) is 3.21. The lowest BCUT2D eigenvalue weighted by atomic mass is 9.85. The Bertz CT molecular complexity index is 1150. The fourth-order valence-electron chi connectivity index (χ4n) is 4.13. The highest BCUT2D eigenvalue weighted by Crippen LogP contribution is 2.29. The van der Waals surface area contributed by atoms with Gasteiger partial charge in [-0.15, -0.1) is 0 Å². The molecule has 0 bridgehead atoms. The summed E-state index contributed by atoms with van der Waals surface area (Å²) in [6.45, 7) is 8.37. The summed E-state index contributed by atoms with van der Waals surface area (Å²) < 4.78 is 14.5. The average molecular weight is 473 g/mol. The van der Waals surface area contributed by atoms with Gasteiger partial charge in [-0.05, 0) is 30.2 Å². The van der Waals surface area contributed by atoms with Crippen molar-refractivity contribution < 1.29 is 9.18 Å². The number of carbonyl (C=O) groups excluding carboxylic acids is 1. The predicted molar refractivity (Wildman–Crippen MR) is 129 cm³/mol. The van der Waals surface area contributed by atoms with E-state index in [1.807, 2.05) is 4.90 Å². The van der Waals surface area contributed by atoms with Crippen LogP contribution < -0.4 is 5.32 Å². The molecule has 176 valence electrons. The summed E-state index contributed by atoms with van der Waals surface area (Å²) >= 11 is 6.09. The van der Waals surface area contributed by atoms with Gasteiger partial charge in [-0.2, -0.15) is 0 Å². The van der Waals surface area contributed by atoms with E-state index in [0.29, 0.717) is 41.6 Å². The SMILES string of the molecule is CCC(C)(C)CC(=O)N1CCCC(CNc2nc(-c3c[nH]c4ncc(Cl)cc34)ncc2F)C1. The minimum atomic E-state index is -0.511. The monoisotopic (exact) mass is 472 g/mol. The number of piperidine rings is 1. The van der Waals surface area contributed by atoms with Gasteiger partial charge in [0, 0.05) is 49.4 Å². The van der Waals surface area contributed by atoms with Crippen molar-refractivity contribution in [2.24, 2.45) is 11.3 Å². The maximum Gasteiger partial charge on any atom is 0.223 e. The molecule has 1 amide bonds. The Balaban J connectivity index is 1.44. The fraction of sp³-hybridized carbons (Fsp3) is 0.500. The lowest BCUT2D eigenvalue weighted by Gasteiger charge is -2.35. The summed E-state index contributed by atoms with van der Waals surface area (Å²) in [5.74, 6) is 0.467. The smallest absolute Gasteiger partial charge is 0.223 e. The Morgan fingerprint density at radius 1 is 1.36 bits per heavy atom. The summed E-state index contributed by atoms with van der Waals surface area (Å²) in [7, 11) is 0. The Hall–Kier alpha value is -2.74. The first-order valence-electron chi connectivity index (χ1n) is 11.4. The van der Waals surface area contributed by atoms with Crippen LogP contribution in [0.15, 0.2) is 24.7 Å². The Labute approximate surface area is 198 Å². The first-order chi connectivity index (χ1) is 15.8. The third-order valence-electron chi connectivity index (χ3n) is 6.50. The highest BCUT2D eigenvalue weighted by molar-refractivity contribution is 6.31. The number of aromatic nitrogens is 4. The Morgan fingerprint density at radius 3 is 2.97 bits per heavy atom. The molecule has 1 aliphatic heterocycles. The Morgan fingerprint density at radius 2 is 2.18 bits per heavy atom. The molecule has 0 spiro atoms. The third kappa shape index (κ3) is 5.43. The summed E-state index contributed by atoms with van der Waals surface area (Å²) in [4.78, 5) is 30.6. The number of amides is 1. The molecule has 7 nitrogen and oxygen atoms in total. The number of nitrogens with one attached hydrogen (secondary N) is 2. The molecule has 2 N–H and O–H groups in total. The lowest BCUT2D eigenvalue weighted by Crippen LogP contribution is -2.43. The molecule has 3 aromatic heterocycles. The van der Waals surface area contributed by atoms with Crippen LogP contribution in [0.5, 0.6) is 0 Å². The number of carbonyl (C=O) groups is 1. The van der Waals surface area contributed by atoms with Crippen LogP contribution in [0.3, 0.4) is 0 Å². The predicted octanol–water partition coefficient (Wildman–Crippen LogP) is 5.29. The van der Waals surface area contributed by atoms with Crippen LogP contribution >= 0.6 is 11.6 Å². The molecule has 0 aliphatic carbocycles. The number of H-pyrrole nitrogens is 1. The van der Waals surface area contributed by atoms with Crippen molar-refractivity contribution >= 4 is 34.4 Å². The van der Waals surface area contributed by atoms with Crippen LogP contribution in [0.2, 0.25) is 5.02 Å². The molecule has 1 saturated heterocycles. The molecular formula is C24H30ClFN6O. The van der Waals surface area contributed by atoms with Gasteiger partial charge in [0.1, 0.15) is 5.65 Å². The largest absolute Gasteiger partial charge is 0.367 e. The quantitative estimate of drug-likeness (QED) is 0.488. The number of hydrogen-bond acceptors (Lipinski definition) is 5. The van der Waals surface area contributed by atoms with E-state index in [-0.39, 0.29) is 23.1 Å². The van der Waals surface area contributed by atoms with Gasteiger partial charge in [0.05, 0.1) is 11.2 Å². The van der Waals surface area contributed by atoms with Crippen molar-refractivity contribution in [3.63, 3.8) is 0 Å². The van der Waals surface area contributed by atoms with E-state index in [2.05, 4.69) is 46.0 Å². The van der Waals surface area contributed by atoms with Crippen LogP contribution in [0.1, 0.15) is 46.5 Å². The normalized spacial score (nSPS) is 16.9. The molecule has 1 unspecified atom stereocenters. The number of halogens is 2. The standard InChI is InChI=1S/C24H30ClFN6O/c1-4-24(2,3)9-20(33)32-7-5-6-15(14-32)10-27-23-19(26)13-30-22(31-23)18-12-29-21-17(18)8-16(25)11-28-21/h8,11-13,15H,4-7,9-10,14H2,1-3H3,(H,28,29)(H,27,30,31). The molecule has 1 aliphatic rings. The summed E-state index contributed by atoms with van der Waals surface area (Å²) in [5, 5.41) is 4.42. The number of fused-ring (bicyclic) bond motifs is 1. The van der Waals surface area contributed by atoms with Crippen molar-refractivity contribution in [1.82, 2.24) is 24.8 Å². The van der Waals surface area contributed by atoms with Crippen molar-refractivity contribution in [2.45, 2.75) is 46.5 Å². The van der Waals surface area contributed by atoms with Gasteiger partial charge in [0.2, 0.25) is 5.91 Å². The first-order valence-corrected chi connectivity index (χ1v) is 11.8. The highest BCUT2D eigenvalue weighted by atomic mass is 35.5. The highest BCUT2D eigenvalue weighted by Gasteiger charge is 2.28. The number of hydrogen-bond donors (Lipinski definition) is 2. The lowest BCUT2D eigenvalue weighted by molar-refractivity contribution is -0.135. The van der Waals surface area contributed by atoms with Gasteiger partial charge < -0.3 is 15.2 Å². The second-order valence-electron chi connectivity index (χ2n) is 9.57. The zero-order chi connectivity index (χ0) is 23.6. The van der Waals surface area contributed by atoms with E-state index in [4.69, 9.17) is 11.6 Å². The molecule has 1 fully saturated rings. The number of anilines is 1. The molecule has 9 heteroatoms. The van der Waals surface area contributed by atoms with Gasteiger partial charge in [0.25, 0.3) is 0 Å². The molecule has 4 heterocycles. The molecule has 0 aromatic carbocycles. The van der Waals surface area contributed by atoms with Crippen molar-refractivity contribution in [1.29, 1.82) is 0 Å². The zero-order valence-corrected chi connectivity index (χ0v) is 20.0. The van der Waals surface area contributed by atoms with Crippen LogP contribution in [-0.4, -0.2) is 50.4 Å². The maximum absolute atomic E-state index is 14.5. The summed E-state index contributed by atoms with van der Waals surface area (Å²) in [6, 6.07) is 1.78. The van der Waals surface area contributed by atoms with Gasteiger partial charge in [-0.3, -0.25) is 4.79 Å². The topological polar surface area (TPSA) is 86.8 Å². The van der Waals surface area contributed by atoms with E-state index < -0.39 is 5.82 Å². The van der Waals surface area contributed by atoms with E-state index in [0.717, 1.165) is 31.2 Å². The number of aromatic amines is 1. The number of rotatable bonds is 7. The fourth-order valence-corrected chi connectivity index (χ4v) is 4.29. The van der Waals surface area contributed by atoms with Crippen LogP contribution in [0.25, 0.3) is 22.4 Å². The second kappa shape index (κ2) is 9.63. The summed E-state index contributed by atoms with van der Waals surface area (Å²) in [6.07, 6.45) is 7.93. The van der Waals surface area contributed by atoms with E-state index in [1.165, 1.54) is 6.20 Å². The zero-order valence-electron chi connectivity index (χ0n) is 19.3. The van der Waals surface area contributed by atoms with Crippen LogP contribution in [-0.2, 0) is 4.79 Å². The molecule has 1 atom stereocenters. The van der Waals surface area contributed by atoms with E-state index in [9.17, 15) is 9.18 Å². The van der Waals surface area contributed by atoms with Crippen molar-refractivity contribution in [3.8, 4) is 11.4 Å². The third-order valence-corrected chi connectivity index (χ3v) is 6.71. The van der Waals surface area contributed by atoms with E-state index in [1.54, 1.807) is 18.5 Å². The molecular weight excluding hydrogens is 443 g/mol. The van der Waals surface area contributed by atoms with E-state index >= 15 is 0 Å². The minimum absolute atomic E-state index is 0.00487. The first kappa shape index (κ1) is 23.4. The number of pyridine rings is 1. The molecule has 0 saturated carbocycles. The summed E-state index contributed by atoms with van der Waals surface area (Å²) in [5.41, 5.74) is 1.37. The van der Waals surface area contributed by atoms with Gasteiger partial charge in [-0.25, -0.2) is 19.3 Å². The molecule has 33 heavy (non-hydrogen) atoms. The molecule has 0 radical (unpaired) electrons.